The van der Waals surface area contributed by atoms with Crippen LogP contribution in [0.25, 0.3) is 0 Å². The van der Waals surface area contributed by atoms with Gasteiger partial charge in [0, 0.05) is 25.0 Å². The summed E-state index contributed by atoms with van der Waals surface area (Å²) in [6, 6.07) is 14.2. The molecule has 0 unspecified atom stereocenters. The minimum Gasteiger partial charge on any atom is -0.352 e. The van der Waals surface area contributed by atoms with Crippen LogP contribution < -0.4 is 21.3 Å². The Hall–Kier alpha value is -4.03. The number of rotatable bonds is 7. The molecule has 0 bridgehead atoms. The number of hydrogen-bond donors (Lipinski definition) is 4. The fourth-order valence-corrected chi connectivity index (χ4v) is 4.49. The molecular weight excluding hydrogens is 440 g/mol. The lowest BCUT2D eigenvalue weighted by Gasteiger charge is -2.34. The van der Waals surface area contributed by atoms with E-state index in [2.05, 4.69) is 54.4 Å². The molecule has 178 valence electrons. The van der Waals surface area contributed by atoms with Crippen LogP contribution in [0.1, 0.15) is 53.4 Å². The molecule has 35 heavy (non-hydrogen) atoms. The van der Waals surface area contributed by atoms with E-state index in [1.54, 1.807) is 6.07 Å². The van der Waals surface area contributed by atoms with Crippen molar-refractivity contribution in [2.24, 2.45) is 0 Å². The maximum atomic E-state index is 12.7. The second-order valence-corrected chi connectivity index (χ2v) is 8.93. The number of amides is 1. The maximum absolute atomic E-state index is 12.7. The number of anilines is 4. The summed E-state index contributed by atoms with van der Waals surface area (Å²) in [5, 5.41) is 22.3. The van der Waals surface area contributed by atoms with Crippen molar-refractivity contribution in [3.63, 3.8) is 0 Å². The zero-order valence-corrected chi connectivity index (χ0v) is 19.7. The number of nitriles is 1. The average molecular weight is 469 g/mol. The summed E-state index contributed by atoms with van der Waals surface area (Å²) >= 11 is 0. The normalized spacial score (nSPS) is 15.8. The van der Waals surface area contributed by atoms with E-state index in [-0.39, 0.29) is 5.91 Å². The second kappa shape index (κ2) is 9.68. The van der Waals surface area contributed by atoms with Gasteiger partial charge < -0.3 is 21.3 Å². The minimum absolute atomic E-state index is 0.273. The first-order valence-electron chi connectivity index (χ1n) is 12.0. The van der Waals surface area contributed by atoms with Crippen molar-refractivity contribution < 1.29 is 4.79 Å². The van der Waals surface area contributed by atoms with Crippen LogP contribution in [0.5, 0.6) is 0 Å². The molecule has 5 rings (SSSR count). The molecule has 4 N–H and O–H groups in total. The first-order valence-corrected chi connectivity index (χ1v) is 12.0. The van der Waals surface area contributed by atoms with Crippen molar-refractivity contribution in [1.82, 2.24) is 25.6 Å². The zero-order valence-electron chi connectivity index (χ0n) is 19.7. The van der Waals surface area contributed by atoms with Crippen LogP contribution in [0.3, 0.4) is 0 Å². The third-order valence-electron chi connectivity index (χ3n) is 6.63. The monoisotopic (exact) mass is 468 g/mol. The highest BCUT2D eigenvalue weighted by molar-refractivity contribution is 5.99. The van der Waals surface area contributed by atoms with E-state index < -0.39 is 5.41 Å². The molecule has 1 amide bonds. The summed E-state index contributed by atoms with van der Waals surface area (Å²) in [5.74, 6) is 0.967. The van der Waals surface area contributed by atoms with Gasteiger partial charge in [-0.3, -0.25) is 4.79 Å². The first-order chi connectivity index (χ1) is 17.1. The number of pyridine rings is 1. The summed E-state index contributed by atoms with van der Waals surface area (Å²) in [4.78, 5) is 26.4. The zero-order chi connectivity index (χ0) is 24.3. The molecule has 2 aromatic heterocycles. The molecule has 0 atom stereocenters. The van der Waals surface area contributed by atoms with Crippen molar-refractivity contribution in [3.8, 4) is 6.07 Å². The lowest BCUT2D eigenvalue weighted by atomic mass is 9.67. The van der Waals surface area contributed by atoms with Crippen molar-refractivity contribution in [2.75, 3.05) is 23.7 Å². The van der Waals surface area contributed by atoms with Crippen molar-refractivity contribution in [1.29, 1.82) is 5.26 Å². The number of aromatic nitrogens is 3. The summed E-state index contributed by atoms with van der Waals surface area (Å²) in [6.45, 7) is 4.17. The molecule has 9 heteroatoms. The number of benzene rings is 1. The fourth-order valence-electron chi connectivity index (χ4n) is 4.49. The van der Waals surface area contributed by atoms with Crippen LogP contribution >= 0.6 is 0 Å². The quantitative estimate of drug-likeness (QED) is 0.413. The molecule has 9 nitrogen and oxygen atoms in total. The van der Waals surface area contributed by atoms with E-state index in [0.29, 0.717) is 29.7 Å². The van der Waals surface area contributed by atoms with Gasteiger partial charge in [0.2, 0.25) is 5.95 Å². The van der Waals surface area contributed by atoms with Crippen LogP contribution in [0.4, 0.5) is 23.3 Å². The largest absolute Gasteiger partial charge is 0.352 e. The van der Waals surface area contributed by atoms with E-state index in [4.69, 9.17) is 0 Å². The molecular formula is C26H28N8O. The lowest BCUT2D eigenvalue weighted by molar-refractivity contribution is 0.0956. The predicted octanol–water partition coefficient (Wildman–Crippen LogP) is 3.70. The third-order valence-corrected chi connectivity index (χ3v) is 6.63. The Kier molecular flexibility index (Phi) is 6.29. The van der Waals surface area contributed by atoms with E-state index in [9.17, 15) is 10.1 Å². The molecule has 1 aromatic carbocycles. The Morgan fingerprint density at radius 3 is 2.83 bits per heavy atom. The summed E-state index contributed by atoms with van der Waals surface area (Å²) in [6.07, 6.45) is 5.16. The number of hydrogen-bond acceptors (Lipinski definition) is 8. The van der Waals surface area contributed by atoms with Gasteiger partial charge in [0.05, 0.1) is 17.2 Å². The molecule has 0 spiro atoms. The van der Waals surface area contributed by atoms with Gasteiger partial charge in [-0.25, -0.2) is 9.97 Å². The number of carbonyl (C=O) groups is 1. The maximum Gasteiger partial charge on any atom is 0.256 e. The average Bonchev–Trinajstić information content (AvgIpc) is 2.84. The third kappa shape index (κ3) is 4.66. The molecule has 3 heterocycles. The Balaban J connectivity index is 1.44. The number of nitrogens with zero attached hydrogens (tertiary/aromatic N) is 4. The van der Waals surface area contributed by atoms with E-state index in [1.165, 1.54) is 17.3 Å². The lowest BCUT2D eigenvalue weighted by Crippen LogP contribution is -2.33. The van der Waals surface area contributed by atoms with Crippen molar-refractivity contribution in [3.05, 3.63) is 65.0 Å². The molecule has 1 saturated carbocycles. The predicted molar refractivity (Wildman–Crippen MR) is 134 cm³/mol. The van der Waals surface area contributed by atoms with Crippen molar-refractivity contribution >= 4 is 29.2 Å². The Bertz CT molecular complexity index is 1290. The van der Waals surface area contributed by atoms with Gasteiger partial charge in [0.25, 0.3) is 5.91 Å². The van der Waals surface area contributed by atoms with Crippen molar-refractivity contribution in [2.45, 2.75) is 44.6 Å². The molecule has 1 aliphatic carbocycles. The van der Waals surface area contributed by atoms with Gasteiger partial charge in [0.1, 0.15) is 17.2 Å². The topological polar surface area (TPSA) is 128 Å². The van der Waals surface area contributed by atoms with Gasteiger partial charge in [-0.2, -0.15) is 10.2 Å². The highest BCUT2D eigenvalue weighted by atomic mass is 16.1. The molecule has 1 aliphatic heterocycles. The molecule has 3 aromatic rings. The number of fused-ring (bicyclic) bond motifs is 1. The summed E-state index contributed by atoms with van der Waals surface area (Å²) < 4.78 is 0. The highest BCUT2D eigenvalue weighted by Gasteiger charge is 2.40. The number of carbonyl (C=O) groups excluding carboxylic acids is 1. The summed E-state index contributed by atoms with van der Waals surface area (Å²) in [5.41, 5.74) is 4.01. The second-order valence-electron chi connectivity index (χ2n) is 8.93. The van der Waals surface area contributed by atoms with Gasteiger partial charge >= 0.3 is 0 Å². The highest BCUT2D eigenvalue weighted by Crippen LogP contribution is 2.42. The van der Waals surface area contributed by atoms with Gasteiger partial charge in [-0.05, 0) is 74.5 Å². The fraction of sp³-hybridized carbons (Fsp3) is 0.346. The van der Waals surface area contributed by atoms with Crippen LogP contribution in [-0.4, -0.2) is 33.9 Å². The Morgan fingerprint density at radius 1 is 1.17 bits per heavy atom. The minimum atomic E-state index is -0.528. The van der Waals surface area contributed by atoms with E-state index in [0.717, 1.165) is 50.2 Å². The SMILES string of the molecule is CCNC(=O)c1cnc(Nc2ccc3c(c2)CNCC3)nc1Nc1cccc(C2(C#N)CCC2)n1. The van der Waals surface area contributed by atoms with E-state index >= 15 is 0 Å². The van der Waals surface area contributed by atoms with Crippen LogP contribution in [0.15, 0.2) is 42.6 Å². The van der Waals surface area contributed by atoms with Gasteiger partial charge in [-0.15, -0.1) is 0 Å². The Labute approximate surface area is 204 Å². The molecule has 2 aliphatic rings. The van der Waals surface area contributed by atoms with E-state index in [1.807, 2.05) is 25.1 Å². The number of nitrogens with one attached hydrogen (secondary N) is 4. The standard InChI is InChI=1S/C26H28N8O/c1-2-29-24(35)20-15-30-25(31-19-8-7-17-9-12-28-14-18(17)13-19)34-23(20)33-22-6-3-5-21(32-22)26(16-27)10-4-11-26/h3,5-8,13,15,28H,2,4,9-12,14H2,1H3,(H,29,35)(H2,30,31,32,33,34). The van der Waals surface area contributed by atoms with Gasteiger partial charge in [0.15, 0.2) is 0 Å². The molecule has 1 fully saturated rings. The summed E-state index contributed by atoms with van der Waals surface area (Å²) in [7, 11) is 0. The van der Waals surface area contributed by atoms with Crippen LogP contribution in [0.2, 0.25) is 0 Å². The van der Waals surface area contributed by atoms with Crippen LogP contribution in [0, 0.1) is 11.3 Å². The van der Waals surface area contributed by atoms with Gasteiger partial charge in [-0.1, -0.05) is 12.1 Å². The smallest absolute Gasteiger partial charge is 0.256 e. The molecule has 0 radical (unpaired) electrons. The molecule has 0 saturated heterocycles. The van der Waals surface area contributed by atoms with Crippen LogP contribution in [-0.2, 0) is 18.4 Å². The first kappa shape index (κ1) is 22.7. The Morgan fingerprint density at radius 2 is 2.06 bits per heavy atom.